The van der Waals surface area contributed by atoms with Crippen LogP contribution in [0.15, 0.2) is 36.7 Å². The van der Waals surface area contributed by atoms with Gasteiger partial charge in [0, 0.05) is 32.0 Å². The Labute approximate surface area is 136 Å². The van der Waals surface area contributed by atoms with Crippen molar-refractivity contribution in [2.45, 2.75) is 26.8 Å². The Morgan fingerprint density at radius 1 is 1.22 bits per heavy atom. The number of hydrogen-bond donors (Lipinski definition) is 1. The fourth-order valence-electron chi connectivity index (χ4n) is 2.67. The molecule has 0 saturated carbocycles. The van der Waals surface area contributed by atoms with Crippen molar-refractivity contribution in [3.8, 4) is 0 Å². The molecule has 1 N–H and O–H groups in total. The van der Waals surface area contributed by atoms with Crippen LogP contribution in [0.2, 0.25) is 0 Å². The highest BCUT2D eigenvalue weighted by molar-refractivity contribution is 5.93. The third-order valence-corrected chi connectivity index (χ3v) is 3.98. The Balaban J connectivity index is 1.67. The Bertz CT molecular complexity index is 682. The smallest absolute Gasteiger partial charge is 0.254 e. The fourth-order valence-corrected chi connectivity index (χ4v) is 2.67. The van der Waals surface area contributed by atoms with Crippen LogP contribution in [0.1, 0.15) is 35.3 Å². The van der Waals surface area contributed by atoms with Crippen LogP contribution in [-0.2, 0) is 13.0 Å². The zero-order valence-corrected chi connectivity index (χ0v) is 13.6. The van der Waals surface area contributed by atoms with E-state index in [9.17, 15) is 4.79 Å². The topological polar surface area (TPSA) is 58.1 Å². The standard InChI is InChI=1S/C18H22N4O/c1-13(2)9-19-17(23)16-10-20-18(21-11-16)22-8-7-14-5-3-4-6-15(14)12-22/h3-6,10-11,13H,7-9,12H2,1-2H3,(H,19,23). The molecule has 0 atom stereocenters. The number of rotatable bonds is 4. The largest absolute Gasteiger partial charge is 0.352 e. The molecule has 1 amide bonds. The number of amides is 1. The number of hydrogen-bond acceptors (Lipinski definition) is 4. The summed E-state index contributed by atoms with van der Waals surface area (Å²) < 4.78 is 0. The molecule has 0 aliphatic carbocycles. The van der Waals surface area contributed by atoms with Crippen molar-refractivity contribution in [3.63, 3.8) is 0 Å². The minimum atomic E-state index is -0.116. The summed E-state index contributed by atoms with van der Waals surface area (Å²) in [6, 6.07) is 8.46. The first-order valence-corrected chi connectivity index (χ1v) is 8.05. The van der Waals surface area contributed by atoms with Gasteiger partial charge in [0.05, 0.1) is 5.56 Å². The van der Waals surface area contributed by atoms with Crippen LogP contribution in [0, 0.1) is 5.92 Å². The number of benzene rings is 1. The Hall–Kier alpha value is -2.43. The number of aromatic nitrogens is 2. The van der Waals surface area contributed by atoms with Crippen LogP contribution in [0.5, 0.6) is 0 Å². The zero-order chi connectivity index (χ0) is 16.2. The predicted molar refractivity (Wildman–Crippen MR) is 90.4 cm³/mol. The summed E-state index contributed by atoms with van der Waals surface area (Å²) in [4.78, 5) is 22.9. The van der Waals surface area contributed by atoms with E-state index < -0.39 is 0 Å². The Morgan fingerprint density at radius 3 is 2.61 bits per heavy atom. The first-order chi connectivity index (χ1) is 11.1. The molecule has 23 heavy (non-hydrogen) atoms. The molecule has 2 aromatic rings. The summed E-state index contributed by atoms with van der Waals surface area (Å²) in [6.45, 7) is 6.50. The molecule has 0 saturated heterocycles. The van der Waals surface area contributed by atoms with Crippen molar-refractivity contribution in [3.05, 3.63) is 53.3 Å². The molecule has 5 heteroatoms. The molecule has 0 spiro atoms. The van der Waals surface area contributed by atoms with Crippen LogP contribution in [0.3, 0.4) is 0 Å². The maximum atomic E-state index is 12.0. The highest BCUT2D eigenvalue weighted by atomic mass is 16.1. The molecule has 2 heterocycles. The number of carbonyl (C=O) groups is 1. The second kappa shape index (κ2) is 6.77. The minimum Gasteiger partial charge on any atom is -0.352 e. The Morgan fingerprint density at radius 2 is 1.91 bits per heavy atom. The molecule has 0 radical (unpaired) electrons. The van der Waals surface area contributed by atoms with Crippen LogP contribution in [0.25, 0.3) is 0 Å². The van der Waals surface area contributed by atoms with Gasteiger partial charge in [-0.25, -0.2) is 9.97 Å². The first-order valence-electron chi connectivity index (χ1n) is 8.05. The van der Waals surface area contributed by atoms with Gasteiger partial charge in [-0.15, -0.1) is 0 Å². The molecule has 0 bridgehead atoms. The van der Waals surface area contributed by atoms with Crippen molar-refractivity contribution in [1.82, 2.24) is 15.3 Å². The van der Waals surface area contributed by atoms with Gasteiger partial charge in [0.15, 0.2) is 0 Å². The van der Waals surface area contributed by atoms with E-state index in [2.05, 4.69) is 58.3 Å². The lowest BCUT2D eigenvalue weighted by atomic mass is 10.0. The van der Waals surface area contributed by atoms with Gasteiger partial charge in [-0.05, 0) is 23.5 Å². The molecule has 1 aromatic heterocycles. The van der Waals surface area contributed by atoms with Crippen LogP contribution < -0.4 is 10.2 Å². The van der Waals surface area contributed by atoms with Gasteiger partial charge in [0.1, 0.15) is 0 Å². The summed E-state index contributed by atoms with van der Waals surface area (Å²) in [5, 5.41) is 2.88. The van der Waals surface area contributed by atoms with E-state index in [-0.39, 0.29) is 5.91 Å². The first kappa shape index (κ1) is 15.5. The molecule has 1 aliphatic rings. The summed E-state index contributed by atoms with van der Waals surface area (Å²) in [7, 11) is 0. The summed E-state index contributed by atoms with van der Waals surface area (Å²) in [5.74, 6) is 0.988. The number of nitrogens with one attached hydrogen (secondary N) is 1. The summed E-state index contributed by atoms with van der Waals surface area (Å²) in [5.41, 5.74) is 3.22. The van der Waals surface area contributed by atoms with Gasteiger partial charge in [-0.1, -0.05) is 38.1 Å². The maximum absolute atomic E-state index is 12.0. The number of fused-ring (bicyclic) bond motifs is 1. The second-order valence-corrected chi connectivity index (χ2v) is 6.32. The molecule has 0 unspecified atom stereocenters. The normalized spacial score (nSPS) is 13.8. The van der Waals surface area contributed by atoms with E-state index in [0.717, 1.165) is 19.5 Å². The monoisotopic (exact) mass is 310 g/mol. The van der Waals surface area contributed by atoms with Crippen LogP contribution in [-0.4, -0.2) is 29.0 Å². The maximum Gasteiger partial charge on any atom is 0.254 e. The van der Waals surface area contributed by atoms with Gasteiger partial charge in [0.25, 0.3) is 5.91 Å². The lowest BCUT2D eigenvalue weighted by Gasteiger charge is -2.28. The third kappa shape index (κ3) is 3.67. The fraction of sp³-hybridized carbons (Fsp3) is 0.389. The van der Waals surface area contributed by atoms with E-state index in [1.165, 1.54) is 11.1 Å². The lowest BCUT2D eigenvalue weighted by Crippen LogP contribution is -2.32. The van der Waals surface area contributed by atoms with E-state index in [1.807, 2.05) is 0 Å². The quantitative estimate of drug-likeness (QED) is 0.942. The molecule has 1 aliphatic heterocycles. The van der Waals surface area contributed by atoms with E-state index >= 15 is 0 Å². The summed E-state index contributed by atoms with van der Waals surface area (Å²) in [6.07, 6.45) is 4.22. The molecule has 120 valence electrons. The van der Waals surface area contributed by atoms with Crippen molar-refractivity contribution in [2.75, 3.05) is 18.0 Å². The third-order valence-electron chi connectivity index (χ3n) is 3.98. The highest BCUT2D eigenvalue weighted by Gasteiger charge is 2.18. The van der Waals surface area contributed by atoms with E-state index in [1.54, 1.807) is 12.4 Å². The minimum absolute atomic E-state index is 0.116. The van der Waals surface area contributed by atoms with Crippen molar-refractivity contribution >= 4 is 11.9 Å². The number of carbonyl (C=O) groups excluding carboxylic acids is 1. The van der Waals surface area contributed by atoms with E-state index in [0.29, 0.717) is 24.0 Å². The second-order valence-electron chi connectivity index (χ2n) is 6.32. The average molecular weight is 310 g/mol. The SMILES string of the molecule is CC(C)CNC(=O)c1cnc(N2CCc3ccccc3C2)nc1. The summed E-state index contributed by atoms with van der Waals surface area (Å²) >= 11 is 0. The molecular formula is C18H22N4O. The van der Waals surface area contributed by atoms with Gasteiger partial charge >= 0.3 is 0 Å². The van der Waals surface area contributed by atoms with Gasteiger partial charge in [-0.2, -0.15) is 0 Å². The van der Waals surface area contributed by atoms with Gasteiger partial charge in [0.2, 0.25) is 5.95 Å². The van der Waals surface area contributed by atoms with E-state index in [4.69, 9.17) is 0 Å². The zero-order valence-electron chi connectivity index (χ0n) is 13.6. The van der Waals surface area contributed by atoms with Gasteiger partial charge < -0.3 is 10.2 Å². The van der Waals surface area contributed by atoms with Crippen molar-refractivity contribution in [1.29, 1.82) is 0 Å². The molecule has 5 nitrogen and oxygen atoms in total. The predicted octanol–water partition coefficient (Wildman–Crippen LogP) is 2.43. The number of anilines is 1. The van der Waals surface area contributed by atoms with Crippen LogP contribution >= 0.6 is 0 Å². The lowest BCUT2D eigenvalue weighted by molar-refractivity contribution is 0.0948. The van der Waals surface area contributed by atoms with Crippen LogP contribution in [0.4, 0.5) is 5.95 Å². The molecule has 1 aromatic carbocycles. The van der Waals surface area contributed by atoms with Crippen molar-refractivity contribution in [2.24, 2.45) is 5.92 Å². The van der Waals surface area contributed by atoms with Gasteiger partial charge in [-0.3, -0.25) is 4.79 Å². The highest BCUT2D eigenvalue weighted by Crippen LogP contribution is 2.21. The average Bonchev–Trinajstić information content (AvgIpc) is 2.59. The molecule has 3 rings (SSSR count). The number of nitrogens with zero attached hydrogens (tertiary/aromatic N) is 3. The molecule has 0 fully saturated rings. The molecular weight excluding hydrogens is 288 g/mol. The van der Waals surface area contributed by atoms with Crippen molar-refractivity contribution < 1.29 is 4.79 Å². The Kier molecular flexibility index (Phi) is 4.55.